The zero-order valence-electron chi connectivity index (χ0n) is 18.3. The Hall–Kier alpha value is 0.164. The number of carbonyl (C=O) groups is 2. The van der Waals surface area contributed by atoms with Gasteiger partial charge in [-0.3, -0.25) is 9.59 Å². The predicted molar refractivity (Wildman–Crippen MR) is 109 cm³/mol. The number of nitrogens with one attached hydrogen (secondary N) is 1. The summed E-state index contributed by atoms with van der Waals surface area (Å²) in [6.45, 7) is 13.6. The van der Waals surface area contributed by atoms with E-state index in [4.69, 9.17) is 0 Å². The maximum atomic E-state index is 12.9. The molecule has 0 atom stereocenters. The molecule has 5 fully saturated rings. The Morgan fingerprint density at radius 2 is 1.54 bits per heavy atom. The van der Waals surface area contributed by atoms with Crippen LogP contribution in [0.3, 0.4) is 0 Å². The number of carbonyl (C=O) groups excluding carboxylic acids is 2. The average Bonchev–Trinajstić information content (AvgIpc) is 2.67. The summed E-state index contributed by atoms with van der Waals surface area (Å²) in [4.78, 5) is 29.6. The van der Waals surface area contributed by atoms with Gasteiger partial charge in [0.05, 0.1) is 5.41 Å². The second-order valence-electron chi connectivity index (χ2n) is 8.98. The third kappa shape index (κ3) is 4.73. The summed E-state index contributed by atoms with van der Waals surface area (Å²) in [6, 6.07) is 0. The normalized spacial score (nSPS) is 32.2. The van der Waals surface area contributed by atoms with Crippen molar-refractivity contribution in [1.82, 2.24) is 15.1 Å². The van der Waals surface area contributed by atoms with E-state index in [9.17, 15) is 9.59 Å². The zero-order valence-corrected chi connectivity index (χ0v) is 21.1. The number of Topliss-reactive ketones (excluding diaryl/α,β-unsaturated/α-hetero) is 1. The molecular weight excluding hydrogens is 427 g/mol. The van der Waals surface area contributed by atoms with Crippen LogP contribution in [-0.2, 0) is 42.3 Å². The Balaban J connectivity index is 0.000000906. The molecule has 3 saturated carbocycles. The summed E-state index contributed by atoms with van der Waals surface area (Å²) in [5.74, 6) is 1.52. The van der Waals surface area contributed by atoms with Crippen molar-refractivity contribution in [3.63, 3.8) is 0 Å². The minimum Gasteiger partial charge on any atom is -0.342 e. The molecule has 1 N–H and O–H groups in total. The summed E-state index contributed by atoms with van der Waals surface area (Å²) < 4.78 is 0. The van der Waals surface area contributed by atoms with Gasteiger partial charge >= 0.3 is 0 Å². The van der Waals surface area contributed by atoms with Crippen LogP contribution in [0.25, 0.3) is 0 Å². The van der Waals surface area contributed by atoms with E-state index in [1.165, 1.54) is 26.1 Å². The minimum absolute atomic E-state index is 0. The van der Waals surface area contributed by atoms with Crippen LogP contribution >= 0.6 is 0 Å². The van der Waals surface area contributed by atoms with Crippen LogP contribution in [0.15, 0.2) is 0 Å². The van der Waals surface area contributed by atoms with Crippen LogP contribution in [-0.4, -0.2) is 67.3 Å². The van der Waals surface area contributed by atoms with Crippen molar-refractivity contribution in [2.75, 3.05) is 45.8 Å². The molecule has 5 nitrogen and oxygen atoms in total. The van der Waals surface area contributed by atoms with Crippen LogP contribution in [0.4, 0.5) is 0 Å². The van der Waals surface area contributed by atoms with Gasteiger partial charge in [-0.1, -0.05) is 20.8 Å². The summed E-state index contributed by atoms with van der Waals surface area (Å²) >= 11 is 0. The van der Waals surface area contributed by atoms with E-state index in [0.717, 1.165) is 64.2 Å². The fourth-order valence-corrected chi connectivity index (χ4v) is 5.75. The first-order chi connectivity index (χ1) is 13.1. The quantitative estimate of drug-likeness (QED) is 0.654. The summed E-state index contributed by atoms with van der Waals surface area (Å²) in [5.41, 5.74) is -0.232. The average molecular weight is 466 g/mol. The zero-order chi connectivity index (χ0) is 19.5. The molecule has 5 rings (SSSR count). The molecule has 2 bridgehead atoms. The molecule has 2 aliphatic heterocycles. The molecule has 2 heterocycles. The molecule has 0 aromatic rings. The third-order valence-electron chi connectivity index (χ3n) is 7.36. The summed E-state index contributed by atoms with van der Waals surface area (Å²) in [7, 11) is 0. The number of amides is 1. The molecule has 1 radical (unpaired) electrons. The number of likely N-dealkylation sites (tertiary alicyclic amines) is 1. The van der Waals surface area contributed by atoms with Gasteiger partial charge in [-0.05, 0) is 51.0 Å². The van der Waals surface area contributed by atoms with Crippen molar-refractivity contribution in [3.05, 3.63) is 0 Å². The second-order valence-corrected chi connectivity index (χ2v) is 8.98. The van der Waals surface area contributed by atoms with Gasteiger partial charge in [-0.25, -0.2) is 0 Å². The first kappa shape index (κ1) is 24.4. The van der Waals surface area contributed by atoms with Crippen LogP contribution in [0, 0.1) is 16.7 Å². The summed E-state index contributed by atoms with van der Waals surface area (Å²) in [6.07, 6.45) is 6.75. The molecule has 1 amide bonds. The van der Waals surface area contributed by atoms with E-state index in [2.05, 4.69) is 15.1 Å². The van der Waals surface area contributed by atoms with Crippen LogP contribution in [0.5, 0.6) is 0 Å². The minimum atomic E-state index is -0.140. The molecule has 157 valence electrons. The number of piperazine rings is 1. The maximum Gasteiger partial charge on any atom is 0.228 e. The van der Waals surface area contributed by atoms with Gasteiger partial charge in [0.25, 0.3) is 0 Å². The van der Waals surface area contributed by atoms with Gasteiger partial charge in [0, 0.05) is 83.8 Å². The molecule has 0 aromatic carbocycles. The molecule has 5 aliphatic rings. The fraction of sp³-hybridized carbons (Fsp3) is 0.909. The van der Waals surface area contributed by atoms with E-state index in [0.29, 0.717) is 18.1 Å². The van der Waals surface area contributed by atoms with Crippen LogP contribution in [0.1, 0.15) is 65.7 Å². The van der Waals surface area contributed by atoms with E-state index in [-0.39, 0.29) is 43.5 Å². The van der Waals surface area contributed by atoms with Crippen molar-refractivity contribution < 1.29 is 42.3 Å². The number of hydrogen-bond donors (Lipinski definition) is 1. The van der Waals surface area contributed by atoms with E-state index in [1.807, 2.05) is 20.8 Å². The number of ketones is 1. The predicted octanol–water partition coefficient (Wildman–Crippen LogP) is 2.69. The van der Waals surface area contributed by atoms with Crippen molar-refractivity contribution >= 4 is 11.7 Å². The van der Waals surface area contributed by atoms with Crippen molar-refractivity contribution in [2.24, 2.45) is 16.7 Å². The van der Waals surface area contributed by atoms with Gasteiger partial charge in [0.2, 0.25) is 5.91 Å². The molecule has 0 aromatic heterocycles. The van der Waals surface area contributed by atoms with E-state index < -0.39 is 0 Å². The topological polar surface area (TPSA) is 52.7 Å². The van der Waals surface area contributed by atoms with Gasteiger partial charge in [0.15, 0.2) is 0 Å². The second kappa shape index (κ2) is 10.5. The molecule has 0 spiro atoms. The molecule has 2 saturated heterocycles. The van der Waals surface area contributed by atoms with Crippen LogP contribution in [0.2, 0.25) is 0 Å². The standard InChI is InChI=1S/C20H33N3O2.C2H6.Y/c1-2-17(24)19-13-20(14-19,15-19)18(25)23-9-4-16(5-10-23)3-8-22-11-6-21-7-12-22;1-2;/h16,21H,2-15H2,1H3;1-2H3;. The third-order valence-corrected chi connectivity index (χ3v) is 7.36. The van der Waals surface area contributed by atoms with Gasteiger partial charge in [-0.2, -0.15) is 0 Å². The van der Waals surface area contributed by atoms with Gasteiger partial charge in [0.1, 0.15) is 5.78 Å². The molecule has 0 unspecified atom stereocenters. The summed E-state index contributed by atoms with van der Waals surface area (Å²) in [5, 5.41) is 3.41. The SMILES string of the molecule is CC.CCC(=O)C12CC(C(=O)N3CCC(CCN4CCNCC4)CC3)(C1)C2.[Y]. The Labute approximate surface area is 196 Å². The molecule has 6 heteroatoms. The van der Waals surface area contributed by atoms with Crippen molar-refractivity contribution in [3.8, 4) is 0 Å². The van der Waals surface area contributed by atoms with Crippen molar-refractivity contribution in [2.45, 2.75) is 65.7 Å². The molecule has 28 heavy (non-hydrogen) atoms. The first-order valence-electron chi connectivity index (χ1n) is 11.3. The number of hydrogen-bond acceptors (Lipinski definition) is 4. The fourth-order valence-electron chi connectivity index (χ4n) is 5.75. The Bertz CT molecular complexity index is 520. The first-order valence-corrected chi connectivity index (χ1v) is 11.3. The Kier molecular flexibility index (Phi) is 9.13. The van der Waals surface area contributed by atoms with E-state index in [1.54, 1.807) is 0 Å². The smallest absolute Gasteiger partial charge is 0.228 e. The largest absolute Gasteiger partial charge is 0.342 e. The number of piperidine rings is 1. The van der Waals surface area contributed by atoms with Crippen molar-refractivity contribution in [1.29, 1.82) is 0 Å². The van der Waals surface area contributed by atoms with E-state index >= 15 is 0 Å². The Morgan fingerprint density at radius 3 is 2.07 bits per heavy atom. The van der Waals surface area contributed by atoms with Gasteiger partial charge < -0.3 is 15.1 Å². The maximum absolute atomic E-state index is 12.9. The Morgan fingerprint density at radius 1 is 0.964 bits per heavy atom. The monoisotopic (exact) mass is 466 g/mol. The number of nitrogens with zero attached hydrogens (tertiary/aromatic N) is 2. The van der Waals surface area contributed by atoms with Crippen LogP contribution < -0.4 is 5.32 Å². The van der Waals surface area contributed by atoms with Gasteiger partial charge in [-0.15, -0.1) is 0 Å². The molecular formula is C22H39N3O2Y. The molecule has 3 aliphatic carbocycles. The number of rotatable bonds is 6.